The monoisotopic (exact) mass is 397 g/mol. The average Bonchev–Trinajstić information content (AvgIpc) is 2.68. The Labute approximate surface area is 165 Å². The van der Waals surface area contributed by atoms with Gasteiger partial charge in [-0.05, 0) is 37.6 Å². The summed E-state index contributed by atoms with van der Waals surface area (Å²) in [5.74, 6) is 0.458. The number of carbonyl (C=O) groups is 1. The zero-order valence-corrected chi connectivity index (χ0v) is 16.8. The standard InChI is InChI=1S/C22H23NO4S/c1-16-9-11-17(12-10-16)28(25,26)15-5-8-22(24)23-20-13-14-21(27-2)19-7-4-3-6-18(19)20/h3-4,6-7,9-14H,5,8,15H2,1-2H3,(H,23,24). The van der Waals surface area contributed by atoms with E-state index in [9.17, 15) is 13.2 Å². The molecule has 0 spiro atoms. The van der Waals surface area contributed by atoms with Crippen LogP contribution < -0.4 is 10.1 Å². The Hall–Kier alpha value is -2.86. The summed E-state index contributed by atoms with van der Waals surface area (Å²) in [5.41, 5.74) is 1.69. The van der Waals surface area contributed by atoms with Gasteiger partial charge in [0.15, 0.2) is 9.84 Å². The Morgan fingerprint density at radius 3 is 2.32 bits per heavy atom. The molecule has 0 aliphatic rings. The summed E-state index contributed by atoms with van der Waals surface area (Å²) in [5, 5.41) is 4.66. The number of anilines is 1. The molecular weight excluding hydrogens is 374 g/mol. The Morgan fingerprint density at radius 1 is 0.964 bits per heavy atom. The Balaban J connectivity index is 1.64. The summed E-state index contributed by atoms with van der Waals surface area (Å²) in [6.45, 7) is 1.91. The van der Waals surface area contributed by atoms with Crippen LogP contribution in [0.4, 0.5) is 5.69 Å². The molecule has 1 amide bonds. The normalized spacial score (nSPS) is 11.4. The second kappa shape index (κ2) is 8.44. The van der Waals surface area contributed by atoms with Crippen molar-refractivity contribution in [1.82, 2.24) is 0 Å². The first-order chi connectivity index (χ1) is 13.4. The molecule has 5 nitrogen and oxygen atoms in total. The summed E-state index contributed by atoms with van der Waals surface area (Å²) in [7, 11) is -1.78. The maximum absolute atomic E-state index is 12.4. The van der Waals surface area contributed by atoms with Crippen molar-refractivity contribution >= 4 is 32.2 Å². The maximum atomic E-state index is 12.4. The second-order valence-corrected chi connectivity index (χ2v) is 8.75. The van der Waals surface area contributed by atoms with Crippen LogP contribution in [0.15, 0.2) is 65.6 Å². The Bertz CT molecular complexity index is 1090. The third-order valence-electron chi connectivity index (χ3n) is 4.58. The lowest BCUT2D eigenvalue weighted by Gasteiger charge is -2.12. The van der Waals surface area contributed by atoms with Gasteiger partial charge in [-0.2, -0.15) is 0 Å². The molecular formula is C22H23NO4S. The van der Waals surface area contributed by atoms with E-state index in [-0.39, 0.29) is 24.5 Å². The number of fused-ring (bicyclic) bond motifs is 1. The van der Waals surface area contributed by atoms with E-state index >= 15 is 0 Å². The molecule has 0 aliphatic heterocycles. The van der Waals surface area contributed by atoms with Gasteiger partial charge in [-0.3, -0.25) is 4.79 Å². The average molecular weight is 397 g/mol. The van der Waals surface area contributed by atoms with Crippen molar-refractivity contribution < 1.29 is 17.9 Å². The number of hydrogen-bond donors (Lipinski definition) is 1. The first kappa shape index (κ1) is 19.9. The van der Waals surface area contributed by atoms with E-state index in [1.807, 2.05) is 31.2 Å². The van der Waals surface area contributed by atoms with E-state index in [2.05, 4.69) is 5.32 Å². The van der Waals surface area contributed by atoms with E-state index in [0.717, 1.165) is 22.1 Å². The quantitative estimate of drug-likeness (QED) is 0.643. The molecule has 0 atom stereocenters. The summed E-state index contributed by atoms with van der Waals surface area (Å²) < 4.78 is 30.1. The van der Waals surface area contributed by atoms with Crippen molar-refractivity contribution in [2.75, 3.05) is 18.2 Å². The van der Waals surface area contributed by atoms with Crippen LogP contribution in [0.25, 0.3) is 10.8 Å². The zero-order valence-electron chi connectivity index (χ0n) is 15.9. The topological polar surface area (TPSA) is 72.5 Å². The molecule has 0 aliphatic carbocycles. The lowest BCUT2D eigenvalue weighted by molar-refractivity contribution is -0.116. The van der Waals surface area contributed by atoms with Gasteiger partial charge >= 0.3 is 0 Å². The highest BCUT2D eigenvalue weighted by Crippen LogP contribution is 2.31. The molecule has 0 saturated carbocycles. The van der Waals surface area contributed by atoms with E-state index in [0.29, 0.717) is 10.6 Å². The Kier molecular flexibility index (Phi) is 5.99. The van der Waals surface area contributed by atoms with E-state index < -0.39 is 9.84 Å². The third kappa shape index (κ3) is 4.51. The highest BCUT2D eigenvalue weighted by molar-refractivity contribution is 7.91. The molecule has 0 saturated heterocycles. The molecule has 0 unspecified atom stereocenters. The maximum Gasteiger partial charge on any atom is 0.224 e. The number of hydrogen-bond acceptors (Lipinski definition) is 4. The smallest absolute Gasteiger partial charge is 0.224 e. The first-order valence-corrected chi connectivity index (χ1v) is 10.7. The van der Waals surface area contributed by atoms with Crippen molar-refractivity contribution in [2.24, 2.45) is 0 Å². The summed E-state index contributed by atoms with van der Waals surface area (Å²) in [6, 6.07) is 18.0. The number of aryl methyl sites for hydroxylation is 1. The lowest BCUT2D eigenvalue weighted by atomic mass is 10.1. The number of rotatable bonds is 7. The molecule has 28 heavy (non-hydrogen) atoms. The number of carbonyl (C=O) groups excluding carboxylic acids is 1. The van der Waals surface area contributed by atoms with Gasteiger partial charge in [0, 0.05) is 22.9 Å². The Morgan fingerprint density at radius 2 is 1.64 bits per heavy atom. The molecule has 3 aromatic rings. The summed E-state index contributed by atoms with van der Waals surface area (Å²) >= 11 is 0. The molecule has 0 bridgehead atoms. The molecule has 0 fully saturated rings. The second-order valence-electron chi connectivity index (χ2n) is 6.64. The molecule has 1 N–H and O–H groups in total. The van der Waals surface area contributed by atoms with Crippen LogP contribution >= 0.6 is 0 Å². The van der Waals surface area contributed by atoms with Gasteiger partial charge in [-0.15, -0.1) is 0 Å². The van der Waals surface area contributed by atoms with Crippen LogP contribution in [-0.2, 0) is 14.6 Å². The summed E-state index contributed by atoms with van der Waals surface area (Å²) in [4.78, 5) is 12.6. The van der Waals surface area contributed by atoms with E-state index in [1.165, 1.54) is 0 Å². The minimum atomic E-state index is -3.39. The molecule has 3 aromatic carbocycles. The highest BCUT2D eigenvalue weighted by Gasteiger charge is 2.15. The summed E-state index contributed by atoms with van der Waals surface area (Å²) in [6.07, 6.45) is 0.390. The van der Waals surface area contributed by atoms with Crippen LogP contribution in [0.3, 0.4) is 0 Å². The van der Waals surface area contributed by atoms with Crippen molar-refractivity contribution in [3.63, 3.8) is 0 Å². The van der Waals surface area contributed by atoms with Gasteiger partial charge in [0.1, 0.15) is 5.75 Å². The van der Waals surface area contributed by atoms with Gasteiger partial charge in [-0.1, -0.05) is 42.0 Å². The van der Waals surface area contributed by atoms with Gasteiger partial charge in [0.05, 0.1) is 17.8 Å². The number of amides is 1. The molecule has 0 aromatic heterocycles. The third-order valence-corrected chi connectivity index (χ3v) is 6.39. The van der Waals surface area contributed by atoms with Crippen LogP contribution in [-0.4, -0.2) is 27.2 Å². The van der Waals surface area contributed by atoms with Gasteiger partial charge in [-0.25, -0.2) is 8.42 Å². The van der Waals surface area contributed by atoms with Gasteiger partial charge in [0.25, 0.3) is 0 Å². The molecule has 0 heterocycles. The molecule has 3 rings (SSSR count). The van der Waals surface area contributed by atoms with Crippen LogP contribution in [0.1, 0.15) is 18.4 Å². The van der Waals surface area contributed by atoms with Crippen LogP contribution in [0.2, 0.25) is 0 Å². The van der Waals surface area contributed by atoms with Crippen molar-refractivity contribution in [3.05, 3.63) is 66.2 Å². The van der Waals surface area contributed by atoms with Crippen molar-refractivity contribution in [1.29, 1.82) is 0 Å². The highest BCUT2D eigenvalue weighted by atomic mass is 32.2. The number of methoxy groups -OCH3 is 1. The molecule has 0 radical (unpaired) electrons. The van der Waals surface area contributed by atoms with Crippen molar-refractivity contribution in [2.45, 2.75) is 24.7 Å². The van der Waals surface area contributed by atoms with Crippen molar-refractivity contribution in [3.8, 4) is 5.75 Å². The van der Waals surface area contributed by atoms with Crippen LogP contribution in [0.5, 0.6) is 5.75 Å². The first-order valence-electron chi connectivity index (χ1n) is 9.06. The number of sulfone groups is 1. The largest absolute Gasteiger partial charge is 0.496 e. The number of benzene rings is 3. The number of nitrogens with one attached hydrogen (secondary N) is 1. The van der Waals surface area contributed by atoms with E-state index in [4.69, 9.17) is 4.74 Å². The predicted octanol–water partition coefficient (Wildman–Crippen LogP) is 4.35. The fourth-order valence-electron chi connectivity index (χ4n) is 3.06. The fraction of sp³-hybridized carbons (Fsp3) is 0.227. The van der Waals surface area contributed by atoms with Gasteiger partial charge < -0.3 is 10.1 Å². The molecule has 146 valence electrons. The minimum Gasteiger partial charge on any atom is -0.496 e. The zero-order chi connectivity index (χ0) is 20.1. The lowest BCUT2D eigenvalue weighted by Crippen LogP contribution is -2.14. The number of ether oxygens (including phenoxy) is 1. The minimum absolute atomic E-state index is 0.0627. The van der Waals surface area contributed by atoms with Crippen LogP contribution in [0, 0.1) is 6.92 Å². The van der Waals surface area contributed by atoms with E-state index in [1.54, 1.807) is 43.5 Å². The fourth-order valence-corrected chi connectivity index (χ4v) is 4.37. The van der Waals surface area contributed by atoms with Gasteiger partial charge in [0.2, 0.25) is 5.91 Å². The SMILES string of the molecule is COc1ccc(NC(=O)CCCS(=O)(=O)c2ccc(C)cc2)c2ccccc12. The molecule has 6 heteroatoms. The predicted molar refractivity (Wildman–Crippen MR) is 112 cm³/mol.